The third-order valence-corrected chi connectivity index (χ3v) is 5.05. The van der Waals surface area contributed by atoms with Crippen LogP contribution in [0.4, 0.5) is 0 Å². The molecule has 0 radical (unpaired) electrons. The molecule has 22 heavy (non-hydrogen) atoms. The lowest BCUT2D eigenvalue weighted by Gasteiger charge is -2.21. The Bertz CT molecular complexity index is 649. The monoisotopic (exact) mass is 314 g/mol. The number of hydrogen-bond acceptors (Lipinski definition) is 2. The molecule has 0 atom stereocenters. The fraction of sp³-hybridized carbons (Fsp3) is 0.167. The second-order valence-electron chi connectivity index (χ2n) is 4.92. The molecule has 2 aromatic rings. The zero-order valence-electron chi connectivity index (χ0n) is 12.4. The molecule has 0 saturated heterocycles. The summed E-state index contributed by atoms with van der Waals surface area (Å²) >= 11 is -0.990. The number of fused-ring (bicyclic) bond motifs is 2. The summed E-state index contributed by atoms with van der Waals surface area (Å²) in [6.07, 6.45) is 1.42. The van der Waals surface area contributed by atoms with E-state index in [4.69, 9.17) is 5.11 Å². The van der Waals surface area contributed by atoms with Crippen molar-refractivity contribution >= 4 is 17.1 Å². The topological polar surface area (TPSA) is 60.4 Å². The molecule has 1 aliphatic heterocycles. The molecule has 0 fully saturated rings. The Morgan fingerprint density at radius 3 is 1.95 bits per heavy atom. The molecular formula is C18H18O3S. The van der Waals surface area contributed by atoms with Crippen molar-refractivity contribution < 1.29 is 14.5 Å². The van der Waals surface area contributed by atoms with Gasteiger partial charge in [0.25, 0.3) is 0 Å². The molecule has 0 saturated carbocycles. The Morgan fingerprint density at radius 2 is 1.59 bits per heavy atom. The second-order valence-corrected chi connectivity index (χ2v) is 6.34. The highest BCUT2D eigenvalue weighted by molar-refractivity contribution is 7.91. The van der Waals surface area contributed by atoms with E-state index in [1.54, 1.807) is 6.92 Å². The predicted octanol–water partition coefficient (Wildman–Crippen LogP) is 3.79. The van der Waals surface area contributed by atoms with Gasteiger partial charge in [-0.25, -0.2) is 4.79 Å². The van der Waals surface area contributed by atoms with Gasteiger partial charge in [-0.15, -0.1) is 0 Å². The molecule has 1 N–H and O–H groups in total. The summed E-state index contributed by atoms with van der Waals surface area (Å²) in [5.74, 6) is -0.900. The molecular weight excluding hydrogens is 296 g/mol. The molecule has 0 aromatic heterocycles. The van der Waals surface area contributed by atoms with Crippen LogP contribution in [0.1, 0.15) is 24.5 Å². The van der Waals surface area contributed by atoms with Gasteiger partial charge in [0.05, 0.1) is 0 Å². The van der Waals surface area contributed by atoms with Gasteiger partial charge in [-0.3, -0.25) is 0 Å². The summed E-state index contributed by atoms with van der Waals surface area (Å²) in [5.41, 5.74) is 2.64. The summed E-state index contributed by atoms with van der Waals surface area (Å²) in [6.45, 7) is 5.03. The number of carbonyl (C=O) groups is 1. The minimum absolute atomic E-state index is 0.264. The first-order valence-corrected chi connectivity index (χ1v) is 8.18. The minimum atomic E-state index is -0.990. The molecule has 4 heteroatoms. The Kier molecular flexibility index (Phi) is 5.41. The number of aliphatic carboxylic acids is 1. The molecule has 3 rings (SSSR count). The van der Waals surface area contributed by atoms with Gasteiger partial charge in [-0.1, -0.05) is 49.9 Å². The van der Waals surface area contributed by atoms with Crippen LogP contribution >= 0.6 is 0 Å². The first kappa shape index (κ1) is 16.3. The zero-order valence-corrected chi connectivity index (χ0v) is 13.2. The Labute approximate surface area is 133 Å². The van der Waals surface area contributed by atoms with Crippen LogP contribution in [0.15, 0.2) is 70.5 Å². The average Bonchev–Trinajstić information content (AvgIpc) is 2.55. The van der Waals surface area contributed by atoms with Gasteiger partial charge >= 0.3 is 5.97 Å². The maximum atomic E-state index is 12.2. The van der Waals surface area contributed by atoms with Crippen molar-refractivity contribution in [1.82, 2.24) is 0 Å². The molecule has 1 heterocycles. The fourth-order valence-corrected chi connectivity index (χ4v) is 3.53. The van der Waals surface area contributed by atoms with Crippen molar-refractivity contribution in [2.75, 3.05) is 0 Å². The summed E-state index contributed by atoms with van der Waals surface area (Å²) < 4.78 is 12.2. The quantitative estimate of drug-likeness (QED) is 0.677. The molecule has 0 amide bonds. The highest BCUT2D eigenvalue weighted by atomic mass is 32.2. The minimum Gasteiger partial charge on any atom is -0.606 e. The average molecular weight is 314 g/mol. The number of carboxylic acids is 1. The number of rotatable bonds is 2. The number of benzene rings is 2. The van der Waals surface area contributed by atoms with Gasteiger partial charge in [0.15, 0.2) is 9.79 Å². The van der Waals surface area contributed by atoms with E-state index < -0.39 is 17.1 Å². The maximum Gasteiger partial charge on any atom is 0.330 e. The standard InChI is InChI=1S/C13H10OS.C5H8O2/c14-15-12-7-3-1-5-10(12)9-11-6-2-4-8-13(11)15;1-3-4(2)5(6)7/h1-8H,9H2;2-3H2,1H3,(H,6,7). The van der Waals surface area contributed by atoms with Crippen LogP contribution in [-0.4, -0.2) is 15.6 Å². The smallest absolute Gasteiger partial charge is 0.330 e. The molecule has 114 valence electrons. The number of carboxylic acid groups (broad SMARTS) is 1. The van der Waals surface area contributed by atoms with Crippen LogP contribution in [0.5, 0.6) is 0 Å². The van der Waals surface area contributed by atoms with Crippen LogP contribution in [0.3, 0.4) is 0 Å². The van der Waals surface area contributed by atoms with E-state index in [2.05, 4.69) is 18.7 Å². The highest BCUT2D eigenvalue weighted by Crippen LogP contribution is 2.33. The van der Waals surface area contributed by atoms with Crippen molar-refractivity contribution in [2.45, 2.75) is 29.6 Å². The third-order valence-electron chi connectivity index (χ3n) is 3.45. The Balaban J connectivity index is 0.000000217. The first-order valence-electron chi connectivity index (χ1n) is 7.03. The van der Waals surface area contributed by atoms with E-state index in [1.807, 2.05) is 36.4 Å². The van der Waals surface area contributed by atoms with Gasteiger partial charge in [-0.05, 0) is 18.6 Å². The summed E-state index contributed by atoms with van der Waals surface area (Å²) in [5, 5.41) is 8.08. The van der Waals surface area contributed by atoms with Gasteiger partial charge in [-0.2, -0.15) is 0 Å². The molecule has 1 aliphatic rings. The maximum absolute atomic E-state index is 12.2. The first-order chi connectivity index (χ1) is 10.5. The lowest BCUT2D eigenvalue weighted by Crippen LogP contribution is -2.14. The molecule has 0 spiro atoms. The van der Waals surface area contributed by atoms with Crippen molar-refractivity contribution in [3.8, 4) is 0 Å². The lowest BCUT2D eigenvalue weighted by atomic mass is 10.0. The number of hydrogen-bond donors (Lipinski definition) is 1. The van der Waals surface area contributed by atoms with Crippen molar-refractivity contribution in [3.05, 3.63) is 71.8 Å². The van der Waals surface area contributed by atoms with Crippen molar-refractivity contribution in [3.63, 3.8) is 0 Å². The largest absolute Gasteiger partial charge is 0.606 e. The van der Waals surface area contributed by atoms with Gasteiger partial charge in [0, 0.05) is 34.3 Å². The summed E-state index contributed by atoms with van der Waals surface area (Å²) in [6, 6.07) is 15.9. The van der Waals surface area contributed by atoms with Crippen LogP contribution in [0, 0.1) is 0 Å². The van der Waals surface area contributed by atoms with Crippen LogP contribution in [0.2, 0.25) is 0 Å². The van der Waals surface area contributed by atoms with E-state index in [0.29, 0.717) is 6.42 Å². The molecule has 0 aliphatic carbocycles. The van der Waals surface area contributed by atoms with Crippen LogP contribution < -0.4 is 0 Å². The lowest BCUT2D eigenvalue weighted by molar-refractivity contribution is -0.132. The van der Waals surface area contributed by atoms with Gasteiger partial charge in [0.2, 0.25) is 0 Å². The molecule has 2 aromatic carbocycles. The van der Waals surface area contributed by atoms with E-state index in [0.717, 1.165) is 16.2 Å². The van der Waals surface area contributed by atoms with Crippen LogP contribution in [0.25, 0.3) is 0 Å². The SMILES string of the molecule is C=C(CC)C(=O)O.[O-][S+]1c2ccccc2Cc2ccccc21. The molecule has 3 nitrogen and oxygen atoms in total. The van der Waals surface area contributed by atoms with E-state index in [9.17, 15) is 9.35 Å². The molecule has 0 unspecified atom stereocenters. The molecule has 0 bridgehead atoms. The Morgan fingerprint density at radius 1 is 1.14 bits per heavy atom. The zero-order chi connectivity index (χ0) is 16.1. The third kappa shape index (κ3) is 3.59. The summed E-state index contributed by atoms with van der Waals surface area (Å²) in [4.78, 5) is 11.8. The highest BCUT2D eigenvalue weighted by Gasteiger charge is 2.27. The second kappa shape index (κ2) is 7.29. The summed E-state index contributed by atoms with van der Waals surface area (Å²) in [7, 11) is 0. The van der Waals surface area contributed by atoms with E-state index in [-0.39, 0.29) is 5.57 Å². The van der Waals surface area contributed by atoms with Gasteiger partial charge in [0.1, 0.15) is 0 Å². The normalized spacial score (nSPS) is 12.5. The Hall–Kier alpha value is -2.04. The van der Waals surface area contributed by atoms with Crippen molar-refractivity contribution in [1.29, 1.82) is 0 Å². The fourth-order valence-electron chi connectivity index (χ4n) is 2.14. The van der Waals surface area contributed by atoms with E-state index in [1.165, 1.54) is 11.1 Å². The predicted molar refractivity (Wildman–Crippen MR) is 87.4 cm³/mol. The van der Waals surface area contributed by atoms with Crippen LogP contribution in [-0.2, 0) is 22.4 Å². The van der Waals surface area contributed by atoms with Crippen molar-refractivity contribution in [2.24, 2.45) is 0 Å². The van der Waals surface area contributed by atoms with E-state index >= 15 is 0 Å². The van der Waals surface area contributed by atoms with Gasteiger partial charge < -0.3 is 9.66 Å².